The van der Waals surface area contributed by atoms with Crippen molar-refractivity contribution >= 4 is 23.2 Å². The Hall–Kier alpha value is -2.36. The van der Waals surface area contributed by atoms with Crippen molar-refractivity contribution in [3.05, 3.63) is 52.2 Å². The van der Waals surface area contributed by atoms with E-state index < -0.39 is 0 Å². The fourth-order valence-corrected chi connectivity index (χ4v) is 4.04. The van der Waals surface area contributed by atoms with Gasteiger partial charge in [0.05, 0.1) is 11.3 Å². The minimum absolute atomic E-state index is 0.195. The number of anilines is 1. The van der Waals surface area contributed by atoms with Gasteiger partial charge < -0.3 is 9.73 Å². The van der Waals surface area contributed by atoms with Crippen molar-refractivity contribution in [2.24, 2.45) is 0 Å². The second-order valence-corrected chi connectivity index (χ2v) is 7.21. The average Bonchev–Trinajstić information content (AvgIpc) is 3.13. The SMILES string of the molecule is CCCCCc1c(C=C2C(=O)Nc3cc(F)ccc32)oc2c1CCCC2. The second kappa shape index (κ2) is 7.10. The lowest BCUT2D eigenvalue weighted by Gasteiger charge is -2.10. The van der Waals surface area contributed by atoms with Crippen LogP contribution in [0.1, 0.15) is 67.2 Å². The highest BCUT2D eigenvalue weighted by molar-refractivity contribution is 6.34. The summed E-state index contributed by atoms with van der Waals surface area (Å²) < 4.78 is 19.6. The highest BCUT2D eigenvalue weighted by Gasteiger charge is 2.27. The number of rotatable bonds is 5. The van der Waals surface area contributed by atoms with Crippen molar-refractivity contribution in [2.75, 3.05) is 5.32 Å². The first-order chi connectivity index (χ1) is 12.7. The van der Waals surface area contributed by atoms with Crippen LogP contribution in [0.25, 0.3) is 11.6 Å². The number of aryl methyl sites for hydroxylation is 1. The lowest BCUT2D eigenvalue weighted by atomic mass is 9.92. The van der Waals surface area contributed by atoms with E-state index in [0.717, 1.165) is 49.2 Å². The normalized spacial score (nSPS) is 17.3. The molecule has 2 aliphatic rings. The van der Waals surface area contributed by atoms with E-state index in [1.165, 1.54) is 42.5 Å². The molecule has 0 radical (unpaired) electrons. The van der Waals surface area contributed by atoms with Gasteiger partial charge >= 0.3 is 0 Å². The van der Waals surface area contributed by atoms with E-state index >= 15 is 0 Å². The minimum atomic E-state index is -0.348. The Morgan fingerprint density at radius 2 is 2.08 bits per heavy atom. The smallest absolute Gasteiger partial charge is 0.256 e. The quantitative estimate of drug-likeness (QED) is 0.568. The van der Waals surface area contributed by atoms with E-state index in [1.54, 1.807) is 6.07 Å². The van der Waals surface area contributed by atoms with Crippen molar-refractivity contribution in [3.8, 4) is 0 Å². The molecular formula is C22H24FNO2. The fourth-order valence-electron chi connectivity index (χ4n) is 4.04. The minimum Gasteiger partial charge on any atom is -0.461 e. The van der Waals surface area contributed by atoms with Crippen molar-refractivity contribution in [1.82, 2.24) is 0 Å². The Morgan fingerprint density at radius 3 is 2.92 bits per heavy atom. The van der Waals surface area contributed by atoms with Crippen LogP contribution in [0, 0.1) is 5.82 Å². The molecule has 0 saturated heterocycles. The molecule has 4 heteroatoms. The van der Waals surface area contributed by atoms with Gasteiger partial charge in [-0.05, 0) is 61.9 Å². The van der Waals surface area contributed by atoms with Crippen LogP contribution in [0.2, 0.25) is 0 Å². The summed E-state index contributed by atoms with van der Waals surface area (Å²) in [7, 11) is 0. The van der Waals surface area contributed by atoms with Gasteiger partial charge in [0.1, 0.15) is 17.3 Å². The van der Waals surface area contributed by atoms with E-state index in [2.05, 4.69) is 12.2 Å². The number of carbonyl (C=O) groups excluding carboxylic acids is 1. The maximum absolute atomic E-state index is 13.4. The number of benzene rings is 1. The highest BCUT2D eigenvalue weighted by Crippen LogP contribution is 2.37. The number of furan rings is 1. The summed E-state index contributed by atoms with van der Waals surface area (Å²) in [5, 5.41) is 2.75. The molecule has 1 aromatic heterocycles. The third kappa shape index (κ3) is 3.09. The number of unbranched alkanes of at least 4 members (excludes halogenated alkanes) is 2. The molecule has 0 bridgehead atoms. The molecule has 2 heterocycles. The molecule has 4 rings (SSSR count). The molecule has 1 aliphatic carbocycles. The second-order valence-electron chi connectivity index (χ2n) is 7.21. The van der Waals surface area contributed by atoms with Crippen LogP contribution in [0.5, 0.6) is 0 Å². The number of fused-ring (bicyclic) bond motifs is 2. The van der Waals surface area contributed by atoms with Crippen LogP contribution < -0.4 is 5.32 Å². The number of halogens is 1. The van der Waals surface area contributed by atoms with Gasteiger partial charge in [-0.3, -0.25) is 4.79 Å². The Bertz CT molecular complexity index is 879. The van der Waals surface area contributed by atoms with Gasteiger partial charge in [-0.2, -0.15) is 0 Å². The topological polar surface area (TPSA) is 42.2 Å². The number of nitrogens with one attached hydrogen (secondary N) is 1. The zero-order valence-corrected chi connectivity index (χ0v) is 15.2. The van der Waals surface area contributed by atoms with E-state index in [-0.39, 0.29) is 11.7 Å². The monoisotopic (exact) mass is 353 g/mol. The summed E-state index contributed by atoms with van der Waals surface area (Å²) in [6.07, 6.45) is 10.8. The van der Waals surface area contributed by atoms with E-state index in [0.29, 0.717) is 11.3 Å². The summed E-state index contributed by atoms with van der Waals surface area (Å²) in [5.74, 6) is 1.36. The van der Waals surface area contributed by atoms with E-state index in [9.17, 15) is 9.18 Å². The first-order valence-electron chi connectivity index (χ1n) is 9.63. The first kappa shape index (κ1) is 17.1. The van der Waals surface area contributed by atoms with Crippen LogP contribution in [-0.2, 0) is 24.1 Å². The van der Waals surface area contributed by atoms with Crippen molar-refractivity contribution in [1.29, 1.82) is 0 Å². The summed E-state index contributed by atoms with van der Waals surface area (Å²) in [5.41, 5.74) is 4.46. The summed E-state index contributed by atoms with van der Waals surface area (Å²) >= 11 is 0. The average molecular weight is 353 g/mol. The number of amides is 1. The number of hydrogen-bond acceptors (Lipinski definition) is 2. The van der Waals surface area contributed by atoms with Gasteiger partial charge in [0, 0.05) is 17.5 Å². The van der Waals surface area contributed by atoms with E-state index in [4.69, 9.17) is 4.42 Å². The maximum Gasteiger partial charge on any atom is 0.256 e. The fraction of sp³-hybridized carbons (Fsp3) is 0.409. The lowest BCUT2D eigenvalue weighted by Crippen LogP contribution is -2.04. The molecular weight excluding hydrogens is 329 g/mol. The Morgan fingerprint density at radius 1 is 1.23 bits per heavy atom. The van der Waals surface area contributed by atoms with Crippen LogP contribution in [-0.4, -0.2) is 5.91 Å². The lowest BCUT2D eigenvalue weighted by molar-refractivity contribution is -0.110. The molecule has 1 aliphatic heterocycles. The summed E-state index contributed by atoms with van der Waals surface area (Å²) in [4.78, 5) is 12.4. The number of carbonyl (C=O) groups is 1. The maximum atomic E-state index is 13.4. The van der Waals surface area contributed by atoms with Gasteiger partial charge in [0.2, 0.25) is 0 Å². The first-order valence-corrected chi connectivity index (χ1v) is 9.63. The summed E-state index contributed by atoms with van der Waals surface area (Å²) in [6, 6.07) is 4.42. The Labute approximate surface area is 153 Å². The Kier molecular flexibility index (Phi) is 4.66. The molecule has 136 valence electrons. The molecule has 0 saturated carbocycles. The van der Waals surface area contributed by atoms with Crippen molar-refractivity contribution in [3.63, 3.8) is 0 Å². The Balaban J connectivity index is 1.75. The van der Waals surface area contributed by atoms with Gasteiger partial charge in [0.15, 0.2) is 0 Å². The largest absolute Gasteiger partial charge is 0.461 e. The van der Waals surface area contributed by atoms with Gasteiger partial charge in [-0.15, -0.1) is 0 Å². The van der Waals surface area contributed by atoms with Crippen LogP contribution in [0.3, 0.4) is 0 Å². The van der Waals surface area contributed by atoms with Crippen LogP contribution >= 0.6 is 0 Å². The molecule has 26 heavy (non-hydrogen) atoms. The highest BCUT2D eigenvalue weighted by atomic mass is 19.1. The molecule has 0 unspecified atom stereocenters. The van der Waals surface area contributed by atoms with Gasteiger partial charge in [-0.25, -0.2) is 4.39 Å². The zero-order valence-electron chi connectivity index (χ0n) is 15.2. The number of hydrogen-bond donors (Lipinski definition) is 1. The molecule has 1 aromatic carbocycles. The van der Waals surface area contributed by atoms with Crippen molar-refractivity contribution in [2.45, 2.75) is 58.3 Å². The molecule has 1 N–H and O–H groups in total. The zero-order chi connectivity index (χ0) is 18.1. The van der Waals surface area contributed by atoms with Crippen LogP contribution in [0.15, 0.2) is 22.6 Å². The van der Waals surface area contributed by atoms with Gasteiger partial charge in [0.25, 0.3) is 5.91 Å². The van der Waals surface area contributed by atoms with Crippen molar-refractivity contribution < 1.29 is 13.6 Å². The standard InChI is InChI=1S/C22H24FNO2/c1-2-3-4-7-17-16-8-5-6-9-20(16)26-21(17)13-18-15-11-10-14(23)12-19(15)24-22(18)25/h10-13H,2-9H2,1H3,(H,24,25). The molecule has 1 amide bonds. The molecule has 3 nitrogen and oxygen atoms in total. The predicted molar refractivity (Wildman–Crippen MR) is 101 cm³/mol. The summed E-state index contributed by atoms with van der Waals surface area (Å²) in [6.45, 7) is 2.20. The third-order valence-electron chi connectivity index (χ3n) is 5.38. The molecule has 0 fully saturated rings. The predicted octanol–water partition coefficient (Wildman–Crippen LogP) is 5.52. The molecule has 0 atom stereocenters. The molecule has 2 aromatic rings. The van der Waals surface area contributed by atoms with E-state index in [1.807, 2.05) is 6.08 Å². The van der Waals surface area contributed by atoms with Gasteiger partial charge in [-0.1, -0.05) is 19.8 Å². The third-order valence-corrected chi connectivity index (χ3v) is 5.38. The van der Waals surface area contributed by atoms with Crippen LogP contribution in [0.4, 0.5) is 10.1 Å². The molecule has 0 spiro atoms.